The van der Waals surface area contributed by atoms with Gasteiger partial charge in [-0.2, -0.15) is 0 Å². The molecule has 0 saturated carbocycles. The third-order valence-electron chi connectivity index (χ3n) is 2.75. The Morgan fingerprint density at radius 3 is 2.82 bits per heavy atom. The van der Waals surface area contributed by atoms with Crippen LogP contribution in [0.15, 0.2) is 24.3 Å². The predicted molar refractivity (Wildman–Crippen MR) is 64.2 cm³/mol. The summed E-state index contributed by atoms with van der Waals surface area (Å²) < 4.78 is 5.64. The van der Waals surface area contributed by atoms with Crippen molar-refractivity contribution in [1.29, 1.82) is 0 Å². The van der Waals surface area contributed by atoms with Crippen molar-refractivity contribution in [3.8, 4) is 0 Å². The van der Waals surface area contributed by atoms with Crippen molar-refractivity contribution in [2.45, 2.75) is 6.10 Å². The lowest BCUT2D eigenvalue weighted by Gasteiger charge is -2.32. The van der Waals surface area contributed by atoms with Gasteiger partial charge in [0.15, 0.2) is 0 Å². The maximum atomic E-state index is 10.7. The Morgan fingerprint density at radius 1 is 1.47 bits per heavy atom. The van der Waals surface area contributed by atoms with Gasteiger partial charge in [-0.15, -0.1) is 0 Å². The molecule has 92 valence electrons. The second-order valence-corrected chi connectivity index (χ2v) is 4.48. The summed E-state index contributed by atoms with van der Waals surface area (Å²) in [4.78, 5) is 12.5. The smallest absolute Gasteiger partial charge is 0.317 e. The first-order chi connectivity index (χ1) is 8.15. The number of hydrogen-bond acceptors (Lipinski definition) is 3. The summed E-state index contributed by atoms with van der Waals surface area (Å²) in [5.41, 5.74) is 1.03. The Hall–Kier alpha value is -1.10. The lowest BCUT2D eigenvalue weighted by atomic mass is 10.1. The third-order valence-corrected chi connectivity index (χ3v) is 3.00. The fourth-order valence-electron chi connectivity index (χ4n) is 1.92. The molecule has 0 radical (unpaired) electrons. The largest absolute Gasteiger partial charge is 0.480 e. The zero-order valence-electron chi connectivity index (χ0n) is 9.30. The molecular weight excluding hydrogens is 242 g/mol. The lowest BCUT2D eigenvalue weighted by molar-refractivity contribution is -0.140. The Bertz CT molecular complexity index is 393. The van der Waals surface area contributed by atoms with E-state index in [2.05, 4.69) is 0 Å². The topological polar surface area (TPSA) is 49.8 Å². The normalized spacial score (nSPS) is 21.4. The van der Waals surface area contributed by atoms with Crippen LogP contribution >= 0.6 is 11.6 Å². The Morgan fingerprint density at radius 2 is 2.18 bits per heavy atom. The molecule has 17 heavy (non-hydrogen) atoms. The second-order valence-electron chi connectivity index (χ2n) is 4.04. The zero-order valence-corrected chi connectivity index (χ0v) is 10.1. The van der Waals surface area contributed by atoms with Gasteiger partial charge in [0.05, 0.1) is 19.3 Å². The highest BCUT2D eigenvalue weighted by Gasteiger charge is 2.23. The molecule has 1 heterocycles. The van der Waals surface area contributed by atoms with E-state index in [0.29, 0.717) is 24.7 Å². The monoisotopic (exact) mass is 255 g/mol. The third kappa shape index (κ3) is 3.43. The van der Waals surface area contributed by atoms with E-state index in [1.807, 2.05) is 29.2 Å². The summed E-state index contributed by atoms with van der Waals surface area (Å²) >= 11 is 5.82. The molecule has 1 aromatic rings. The molecule has 0 aliphatic carbocycles. The molecule has 1 aliphatic heterocycles. The van der Waals surface area contributed by atoms with Crippen molar-refractivity contribution < 1.29 is 14.6 Å². The number of hydrogen-bond donors (Lipinski definition) is 1. The average Bonchev–Trinajstić information content (AvgIpc) is 2.29. The first kappa shape index (κ1) is 12.4. The van der Waals surface area contributed by atoms with Gasteiger partial charge < -0.3 is 9.84 Å². The lowest BCUT2D eigenvalue weighted by Crippen LogP contribution is -2.41. The summed E-state index contributed by atoms with van der Waals surface area (Å²) in [6.45, 7) is 1.89. The molecule has 0 aromatic heterocycles. The standard InChI is InChI=1S/C12H14ClNO3/c13-10-3-1-9(2-4-10)11-7-14(5-6-17-11)8-12(15)16/h1-4,11H,5-8H2,(H,15,16). The van der Waals surface area contributed by atoms with Crippen molar-refractivity contribution in [2.24, 2.45) is 0 Å². The number of carboxylic acids is 1. The highest BCUT2D eigenvalue weighted by Crippen LogP contribution is 2.23. The Kier molecular flexibility index (Phi) is 3.99. The van der Waals surface area contributed by atoms with Gasteiger partial charge in [0.2, 0.25) is 0 Å². The highest BCUT2D eigenvalue weighted by atomic mass is 35.5. The quantitative estimate of drug-likeness (QED) is 0.895. The number of benzene rings is 1. The summed E-state index contributed by atoms with van der Waals surface area (Å²) in [5, 5.41) is 9.45. The molecule has 1 saturated heterocycles. The maximum Gasteiger partial charge on any atom is 0.317 e. The fourth-order valence-corrected chi connectivity index (χ4v) is 2.04. The number of aliphatic carboxylic acids is 1. The average molecular weight is 256 g/mol. The summed E-state index contributed by atoms with van der Waals surface area (Å²) in [7, 11) is 0. The van der Waals surface area contributed by atoms with Gasteiger partial charge in [-0.3, -0.25) is 9.69 Å². The van der Waals surface area contributed by atoms with Crippen LogP contribution in [0.5, 0.6) is 0 Å². The number of nitrogens with zero attached hydrogens (tertiary/aromatic N) is 1. The van der Waals surface area contributed by atoms with Crippen molar-refractivity contribution in [3.05, 3.63) is 34.9 Å². The van der Waals surface area contributed by atoms with Gasteiger partial charge in [-0.25, -0.2) is 0 Å². The van der Waals surface area contributed by atoms with E-state index < -0.39 is 5.97 Å². The van der Waals surface area contributed by atoms with Gasteiger partial charge in [0, 0.05) is 18.1 Å². The first-order valence-electron chi connectivity index (χ1n) is 5.46. The molecule has 0 spiro atoms. The van der Waals surface area contributed by atoms with E-state index in [1.165, 1.54) is 0 Å². The minimum Gasteiger partial charge on any atom is -0.480 e. The number of morpholine rings is 1. The van der Waals surface area contributed by atoms with Crippen molar-refractivity contribution in [2.75, 3.05) is 26.2 Å². The number of carbonyl (C=O) groups is 1. The first-order valence-corrected chi connectivity index (χ1v) is 5.84. The summed E-state index contributed by atoms with van der Waals surface area (Å²) in [5.74, 6) is -0.804. The zero-order chi connectivity index (χ0) is 12.3. The van der Waals surface area contributed by atoms with Gasteiger partial charge in [-0.05, 0) is 17.7 Å². The van der Waals surface area contributed by atoms with E-state index in [0.717, 1.165) is 5.56 Å². The van der Waals surface area contributed by atoms with Crippen molar-refractivity contribution >= 4 is 17.6 Å². The molecule has 1 unspecified atom stereocenters. The van der Waals surface area contributed by atoms with E-state index in [-0.39, 0.29) is 12.6 Å². The Labute approximate surface area is 105 Å². The molecule has 5 heteroatoms. The van der Waals surface area contributed by atoms with Crippen molar-refractivity contribution in [1.82, 2.24) is 4.90 Å². The number of ether oxygens (including phenoxy) is 1. The summed E-state index contributed by atoms with van der Waals surface area (Å²) in [6.07, 6.45) is -0.0691. The van der Waals surface area contributed by atoms with Crippen LogP contribution in [0, 0.1) is 0 Å². The van der Waals surface area contributed by atoms with Crippen LogP contribution in [0.4, 0.5) is 0 Å². The van der Waals surface area contributed by atoms with Crippen LogP contribution in [-0.2, 0) is 9.53 Å². The van der Waals surface area contributed by atoms with Crippen molar-refractivity contribution in [3.63, 3.8) is 0 Å². The van der Waals surface area contributed by atoms with Gasteiger partial charge in [0.25, 0.3) is 0 Å². The number of carboxylic acid groups (broad SMARTS) is 1. The number of halogens is 1. The minimum absolute atomic E-state index is 0.0629. The molecule has 1 N–H and O–H groups in total. The highest BCUT2D eigenvalue weighted by molar-refractivity contribution is 6.30. The predicted octanol–water partition coefficient (Wildman–Crippen LogP) is 1.80. The van der Waals surface area contributed by atoms with E-state index in [4.69, 9.17) is 21.4 Å². The van der Waals surface area contributed by atoms with Crippen LogP contribution in [0.3, 0.4) is 0 Å². The molecule has 1 atom stereocenters. The Balaban J connectivity index is 2.01. The second kappa shape index (κ2) is 5.49. The van der Waals surface area contributed by atoms with Crippen LogP contribution in [0.2, 0.25) is 5.02 Å². The molecule has 4 nitrogen and oxygen atoms in total. The summed E-state index contributed by atoms with van der Waals surface area (Å²) in [6, 6.07) is 7.46. The van der Waals surface area contributed by atoms with Gasteiger partial charge >= 0.3 is 5.97 Å². The molecule has 1 aliphatic rings. The molecule has 1 fully saturated rings. The minimum atomic E-state index is -0.804. The molecule has 0 bridgehead atoms. The van der Waals surface area contributed by atoms with Gasteiger partial charge in [-0.1, -0.05) is 23.7 Å². The molecule has 2 rings (SSSR count). The van der Waals surface area contributed by atoms with Crippen LogP contribution in [0.1, 0.15) is 11.7 Å². The molecule has 1 aromatic carbocycles. The van der Waals surface area contributed by atoms with Crippen LogP contribution in [0.25, 0.3) is 0 Å². The van der Waals surface area contributed by atoms with E-state index in [1.54, 1.807) is 0 Å². The van der Waals surface area contributed by atoms with Crippen LogP contribution < -0.4 is 0 Å². The van der Waals surface area contributed by atoms with Crippen LogP contribution in [-0.4, -0.2) is 42.2 Å². The van der Waals surface area contributed by atoms with E-state index in [9.17, 15) is 4.79 Å². The number of rotatable bonds is 3. The molecule has 0 amide bonds. The van der Waals surface area contributed by atoms with Gasteiger partial charge in [0.1, 0.15) is 0 Å². The fraction of sp³-hybridized carbons (Fsp3) is 0.417. The molecular formula is C12H14ClNO3. The van der Waals surface area contributed by atoms with E-state index >= 15 is 0 Å². The SMILES string of the molecule is O=C(O)CN1CCOC(c2ccc(Cl)cc2)C1. The maximum absolute atomic E-state index is 10.7.